The van der Waals surface area contributed by atoms with Crippen LogP contribution in [0.1, 0.15) is 34.1 Å². The molecule has 0 aromatic heterocycles. The number of nitrogens with zero attached hydrogens (tertiary/aromatic N) is 1. The van der Waals surface area contributed by atoms with Crippen LogP contribution in [0.5, 0.6) is 0 Å². The third-order valence-corrected chi connectivity index (χ3v) is 2.32. The lowest BCUT2D eigenvalue weighted by molar-refractivity contribution is -0.137. The monoisotopic (exact) mass is 231 g/mol. The normalized spacial score (nSPS) is 11.7. The second-order valence-corrected chi connectivity index (χ2v) is 4.74. The summed E-state index contributed by atoms with van der Waals surface area (Å²) in [7, 11) is 0. The van der Waals surface area contributed by atoms with Crippen LogP contribution < -0.4 is 0 Å². The molecule has 0 spiro atoms. The van der Waals surface area contributed by atoms with Crippen molar-refractivity contribution >= 4 is 5.97 Å². The van der Waals surface area contributed by atoms with Gasteiger partial charge in [0, 0.05) is 25.7 Å². The fraction of sp³-hybridized carbons (Fsp3) is 0.917. The summed E-state index contributed by atoms with van der Waals surface area (Å²) in [5, 5.41) is 8.63. The SMILES string of the molecule is CC(C)COCCN(CCC(=O)O)C(C)C. The van der Waals surface area contributed by atoms with Crippen LogP contribution in [0, 0.1) is 5.92 Å². The summed E-state index contributed by atoms with van der Waals surface area (Å²) in [6, 6.07) is 0.363. The van der Waals surface area contributed by atoms with Crippen molar-refractivity contribution in [3.63, 3.8) is 0 Å². The highest BCUT2D eigenvalue weighted by molar-refractivity contribution is 5.66. The zero-order valence-electron chi connectivity index (χ0n) is 10.9. The quantitative estimate of drug-likeness (QED) is 0.615. The Labute approximate surface area is 98.6 Å². The zero-order chi connectivity index (χ0) is 12.6. The Morgan fingerprint density at radius 2 is 1.88 bits per heavy atom. The van der Waals surface area contributed by atoms with Crippen LogP contribution in [0.3, 0.4) is 0 Å². The van der Waals surface area contributed by atoms with Crippen LogP contribution in [-0.4, -0.2) is 48.3 Å². The van der Waals surface area contributed by atoms with Crippen molar-refractivity contribution in [2.24, 2.45) is 5.92 Å². The fourth-order valence-corrected chi connectivity index (χ4v) is 1.37. The van der Waals surface area contributed by atoms with Crippen LogP contribution in [0.2, 0.25) is 0 Å². The van der Waals surface area contributed by atoms with Crippen molar-refractivity contribution in [2.75, 3.05) is 26.3 Å². The standard InChI is InChI=1S/C12H25NO3/c1-10(2)9-16-8-7-13(11(3)4)6-5-12(14)15/h10-11H,5-9H2,1-4H3,(H,14,15). The van der Waals surface area contributed by atoms with Gasteiger partial charge < -0.3 is 9.84 Å². The van der Waals surface area contributed by atoms with Crippen molar-refractivity contribution in [2.45, 2.75) is 40.2 Å². The molecule has 0 unspecified atom stereocenters. The first-order chi connectivity index (χ1) is 7.43. The van der Waals surface area contributed by atoms with Crippen LogP contribution in [0.4, 0.5) is 0 Å². The van der Waals surface area contributed by atoms with Crippen LogP contribution >= 0.6 is 0 Å². The van der Waals surface area contributed by atoms with Crippen LogP contribution in [0.25, 0.3) is 0 Å². The van der Waals surface area contributed by atoms with E-state index in [-0.39, 0.29) is 6.42 Å². The molecule has 0 saturated heterocycles. The maximum atomic E-state index is 10.5. The van der Waals surface area contributed by atoms with Gasteiger partial charge in [-0.05, 0) is 19.8 Å². The third-order valence-electron chi connectivity index (χ3n) is 2.32. The molecule has 0 atom stereocenters. The maximum absolute atomic E-state index is 10.5. The molecular weight excluding hydrogens is 206 g/mol. The topological polar surface area (TPSA) is 49.8 Å². The number of hydrogen-bond donors (Lipinski definition) is 1. The average molecular weight is 231 g/mol. The first kappa shape index (κ1) is 15.4. The third kappa shape index (κ3) is 8.68. The molecule has 0 amide bonds. The zero-order valence-corrected chi connectivity index (χ0v) is 10.9. The summed E-state index contributed by atoms with van der Waals surface area (Å²) in [5.74, 6) is -0.194. The molecule has 16 heavy (non-hydrogen) atoms. The van der Waals surface area contributed by atoms with Gasteiger partial charge in [0.05, 0.1) is 13.0 Å². The molecule has 96 valence electrons. The van der Waals surface area contributed by atoms with Gasteiger partial charge >= 0.3 is 5.97 Å². The molecule has 0 radical (unpaired) electrons. The van der Waals surface area contributed by atoms with Crippen molar-refractivity contribution in [3.8, 4) is 0 Å². The summed E-state index contributed by atoms with van der Waals surface area (Å²) in [4.78, 5) is 12.6. The molecule has 0 rings (SSSR count). The van der Waals surface area contributed by atoms with E-state index in [2.05, 4.69) is 32.6 Å². The molecule has 0 heterocycles. The van der Waals surface area contributed by atoms with E-state index < -0.39 is 5.97 Å². The number of carboxylic acid groups (broad SMARTS) is 1. The van der Waals surface area contributed by atoms with E-state index in [0.717, 1.165) is 13.2 Å². The van der Waals surface area contributed by atoms with E-state index in [0.29, 0.717) is 25.1 Å². The molecule has 0 aliphatic heterocycles. The highest BCUT2D eigenvalue weighted by Gasteiger charge is 2.10. The second-order valence-electron chi connectivity index (χ2n) is 4.74. The summed E-state index contributed by atoms with van der Waals surface area (Å²) < 4.78 is 5.49. The molecule has 0 saturated carbocycles. The number of rotatable bonds is 9. The molecule has 0 aliphatic carbocycles. The highest BCUT2D eigenvalue weighted by atomic mass is 16.5. The number of carbonyl (C=O) groups is 1. The first-order valence-corrected chi connectivity index (χ1v) is 5.97. The van der Waals surface area contributed by atoms with E-state index in [1.54, 1.807) is 0 Å². The van der Waals surface area contributed by atoms with Gasteiger partial charge in [-0.2, -0.15) is 0 Å². The van der Waals surface area contributed by atoms with Crippen molar-refractivity contribution < 1.29 is 14.6 Å². The number of hydrogen-bond acceptors (Lipinski definition) is 3. The summed E-state index contributed by atoms with van der Waals surface area (Å²) in [6.45, 7) is 11.2. The smallest absolute Gasteiger partial charge is 0.304 e. The minimum Gasteiger partial charge on any atom is -0.481 e. The molecule has 0 fully saturated rings. The lowest BCUT2D eigenvalue weighted by Gasteiger charge is -2.25. The Morgan fingerprint density at radius 3 is 2.31 bits per heavy atom. The first-order valence-electron chi connectivity index (χ1n) is 5.97. The molecule has 0 aliphatic rings. The molecular formula is C12H25NO3. The fourth-order valence-electron chi connectivity index (χ4n) is 1.37. The Balaban J connectivity index is 3.72. The Kier molecular flexibility index (Phi) is 8.21. The van der Waals surface area contributed by atoms with Crippen LogP contribution in [0.15, 0.2) is 0 Å². The van der Waals surface area contributed by atoms with Crippen LogP contribution in [-0.2, 0) is 9.53 Å². The number of aliphatic carboxylic acids is 1. The van der Waals surface area contributed by atoms with Gasteiger partial charge in [-0.15, -0.1) is 0 Å². The highest BCUT2D eigenvalue weighted by Crippen LogP contribution is 2.00. The molecule has 0 bridgehead atoms. The molecule has 1 N–H and O–H groups in total. The Bertz CT molecular complexity index is 193. The van der Waals surface area contributed by atoms with Crippen molar-refractivity contribution in [1.82, 2.24) is 4.90 Å². The molecule has 4 heteroatoms. The molecule has 0 aromatic rings. The molecule has 4 nitrogen and oxygen atoms in total. The van der Waals surface area contributed by atoms with E-state index in [1.165, 1.54) is 0 Å². The van der Waals surface area contributed by atoms with Crippen molar-refractivity contribution in [1.29, 1.82) is 0 Å². The minimum atomic E-state index is -0.742. The lowest BCUT2D eigenvalue weighted by Crippen LogP contribution is -2.35. The van der Waals surface area contributed by atoms with Crippen molar-refractivity contribution in [3.05, 3.63) is 0 Å². The van der Waals surface area contributed by atoms with E-state index in [1.807, 2.05) is 0 Å². The van der Waals surface area contributed by atoms with Gasteiger partial charge in [-0.3, -0.25) is 9.69 Å². The maximum Gasteiger partial charge on any atom is 0.304 e. The lowest BCUT2D eigenvalue weighted by atomic mass is 10.2. The van der Waals surface area contributed by atoms with E-state index in [9.17, 15) is 4.79 Å². The summed E-state index contributed by atoms with van der Waals surface area (Å²) in [5.41, 5.74) is 0. The minimum absolute atomic E-state index is 0.197. The Hall–Kier alpha value is -0.610. The molecule has 0 aromatic carbocycles. The number of carboxylic acids is 1. The van der Waals surface area contributed by atoms with Gasteiger partial charge in [-0.25, -0.2) is 0 Å². The van der Waals surface area contributed by atoms with E-state index >= 15 is 0 Å². The summed E-state index contributed by atoms with van der Waals surface area (Å²) >= 11 is 0. The van der Waals surface area contributed by atoms with Gasteiger partial charge in [0.2, 0.25) is 0 Å². The van der Waals surface area contributed by atoms with Gasteiger partial charge in [0.1, 0.15) is 0 Å². The second kappa shape index (κ2) is 8.53. The Morgan fingerprint density at radius 1 is 1.25 bits per heavy atom. The predicted molar refractivity (Wildman–Crippen MR) is 64.6 cm³/mol. The average Bonchev–Trinajstić information content (AvgIpc) is 2.15. The summed E-state index contributed by atoms with van der Waals surface area (Å²) in [6.07, 6.45) is 0.197. The number of ether oxygens (including phenoxy) is 1. The van der Waals surface area contributed by atoms with Gasteiger partial charge in [0.15, 0.2) is 0 Å². The van der Waals surface area contributed by atoms with Gasteiger partial charge in [0.25, 0.3) is 0 Å². The largest absolute Gasteiger partial charge is 0.481 e. The van der Waals surface area contributed by atoms with Gasteiger partial charge in [-0.1, -0.05) is 13.8 Å². The predicted octanol–water partition coefficient (Wildman–Crippen LogP) is 1.84. The van der Waals surface area contributed by atoms with E-state index in [4.69, 9.17) is 9.84 Å².